The summed E-state index contributed by atoms with van der Waals surface area (Å²) in [5.74, 6) is -0.178. The molecule has 0 aromatic heterocycles. The van der Waals surface area contributed by atoms with Gasteiger partial charge in [-0.25, -0.2) is 8.42 Å². The lowest BCUT2D eigenvalue weighted by molar-refractivity contribution is 0.0935. The Bertz CT molecular complexity index is 566. The van der Waals surface area contributed by atoms with Gasteiger partial charge in [0.1, 0.15) is 0 Å². The smallest absolute Gasteiger partial charge is 0.251 e. The van der Waals surface area contributed by atoms with Crippen LogP contribution < -0.4 is 9.62 Å². The highest BCUT2D eigenvalue weighted by Crippen LogP contribution is 2.17. The Morgan fingerprint density at radius 3 is 2.40 bits per heavy atom. The highest BCUT2D eigenvalue weighted by molar-refractivity contribution is 7.92. The lowest BCUT2D eigenvalue weighted by Gasteiger charge is -2.18. The van der Waals surface area contributed by atoms with Crippen LogP contribution in [-0.4, -0.2) is 33.7 Å². The van der Waals surface area contributed by atoms with E-state index in [0.717, 1.165) is 23.4 Å². The lowest BCUT2D eigenvalue weighted by atomic mass is 10.1. The number of hydrogen-bond donors (Lipinski definition) is 1. The molecule has 6 heteroatoms. The zero-order valence-corrected chi connectivity index (χ0v) is 13.2. The van der Waals surface area contributed by atoms with Crippen molar-refractivity contribution in [3.05, 3.63) is 29.8 Å². The summed E-state index contributed by atoms with van der Waals surface area (Å²) in [4.78, 5) is 12.1. The molecule has 1 rings (SSSR count). The van der Waals surface area contributed by atoms with Crippen molar-refractivity contribution in [2.24, 2.45) is 0 Å². The van der Waals surface area contributed by atoms with Crippen LogP contribution in [0.25, 0.3) is 0 Å². The maximum Gasteiger partial charge on any atom is 0.251 e. The summed E-state index contributed by atoms with van der Waals surface area (Å²) in [6, 6.07) is 6.74. The molecule has 1 aromatic carbocycles. The molecule has 0 atom stereocenters. The molecule has 112 valence electrons. The first-order chi connectivity index (χ1) is 9.29. The molecule has 0 saturated heterocycles. The average Bonchev–Trinajstić information content (AvgIpc) is 2.42. The van der Waals surface area contributed by atoms with E-state index in [1.165, 1.54) is 7.05 Å². The lowest BCUT2D eigenvalue weighted by Crippen LogP contribution is -2.34. The number of amides is 1. The second-order valence-corrected chi connectivity index (χ2v) is 6.78. The molecule has 1 amide bonds. The molecule has 0 aliphatic heterocycles. The average molecular weight is 298 g/mol. The second kappa shape index (κ2) is 6.74. The van der Waals surface area contributed by atoms with Crippen molar-refractivity contribution in [1.29, 1.82) is 0 Å². The fraction of sp³-hybridized carbons (Fsp3) is 0.500. The summed E-state index contributed by atoms with van der Waals surface area (Å²) in [6.45, 7) is 4.03. The van der Waals surface area contributed by atoms with Crippen LogP contribution in [0.4, 0.5) is 5.69 Å². The number of carbonyl (C=O) groups is 1. The highest BCUT2D eigenvalue weighted by atomic mass is 32.2. The SMILES string of the molecule is CCC(CC)NC(=O)c1cccc(N(C)S(C)(=O)=O)c1. The summed E-state index contributed by atoms with van der Waals surface area (Å²) in [6.07, 6.45) is 2.86. The summed E-state index contributed by atoms with van der Waals surface area (Å²) < 4.78 is 24.2. The van der Waals surface area contributed by atoms with Gasteiger partial charge in [0.15, 0.2) is 0 Å². The van der Waals surface area contributed by atoms with Crippen molar-refractivity contribution in [3.63, 3.8) is 0 Å². The van der Waals surface area contributed by atoms with Crippen molar-refractivity contribution < 1.29 is 13.2 Å². The quantitative estimate of drug-likeness (QED) is 0.873. The van der Waals surface area contributed by atoms with Crippen LogP contribution >= 0.6 is 0 Å². The fourth-order valence-corrected chi connectivity index (χ4v) is 2.29. The molecule has 0 bridgehead atoms. The maximum absolute atomic E-state index is 12.1. The second-order valence-electron chi connectivity index (χ2n) is 4.77. The van der Waals surface area contributed by atoms with Gasteiger partial charge in [0.2, 0.25) is 10.0 Å². The highest BCUT2D eigenvalue weighted by Gasteiger charge is 2.15. The predicted molar refractivity (Wildman–Crippen MR) is 81.5 cm³/mol. The Morgan fingerprint density at radius 1 is 1.30 bits per heavy atom. The van der Waals surface area contributed by atoms with E-state index in [1.807, 2.05) is 13.8 Å². The minimum Gasteiger partial charge on any atom is -0.349 e. The topological polar surface area (TPSA) is 66.5 Å². The van der Waals surface area contributed by atoms with Gasteiger partial charge in [0.25, 0.3) is 5.91 Å². The number of rotatable bonds is 6. The minimum absolute atomic E-state index is 0.138. The van der Waals surface area contributed by atoms with Crippen LogP contribution in [-0.2, 0) is 10.0 Å². The third kappa shape index (κ3) is 4.23. The van der Waals surface area contributed by atoms with Crippen molar-refractivity contribution in [3.8, 4) is 0 Å². The molecular formula is C14H22N2O3S. The summed E-state index contributed by atoms with van der Waals surface area (Å²) in [5, 5.41) is 2.93. The largest absolute Gasteiger partial charge is 0.349 e. The standard InChI is InChI=1S/C14H22N2O3S/c1-5-12(6-2)15-14(17)11-8-7-9-13(10-11)16(3)20(4,18)19/h7-10,12H,5-6H2,1-4H3,(H,15,17). The first-order valence-corrected chi connectivity index (χ1v) is 8.49. The Morgan fingerprint density at radius 2 is 1.90 bits per heavy atom. The Hall–Kier alpha value is -1.56. The van der Waals surface area contributed by atoms with E-state index in [1.54, 1.807) is 24.3 Å². The van der Waals surface area contributed by atoms with Crippen molar-refractivity contribution >= 4 is 21.6 Å². The van der Waals surface area contributed by atoms with Crippen LogP contribution in [0.15, 0.2) is 24.3 Å². The van der Waals surface area contributed by atoms with E-state index >= 15 is 0 Å². The van der Waals surface area contributed by atoms with E-state index < -0.39 is 10.0 Å². The van der Waals surface area contributed by atoms with Crippen LogP contribution in [0.1, 0.15) is 37.0 Å². The Kier molecular flexibility index (Phi) is 5.56. The summed E-state index contributed by atoms with van der Waals surface area (Å²) in [7, 11) is -1.86. The summed E-state index contributed by atoms with van der Waals surface area (Å²) in [5.41, 5.74) is 0.939. The first kappa shape index (κ1) is 16.5. The Balaban J connectivity index is 2.96. The van der Waals surface area contributed by atoms with Gasteiger partial charge < -0.3 is 5.32 Å². The summed E-state index contributed by atoms with van der Waals surface area (Å²) >= 11 is 0. The van der Waals surface area contributed by atoms with Crippen molar-refractivity contribution in [2.75, 3.05) is 17.6 Å². The molecule has 5 nitrogen and oxygen atoms in total. The van der Waals surface area contributed by atoms with E-state index in [4.69, 9.17) is 0 Å². The molecule has 0 heterocycles. The van der Waals surface area contributed by atoms with Gasteiger partial charge in [-0.15, -0.1) is 0 Å². The number of anilines is 1. The third-order valence-corrected chi connectivity index (χ3v) is 4.50. The van der Waals surface area contributed by atoms with Crippen LogP contribution in [0.5, 0.6) is 0 Å². The Labute approximate surface area is 121 Å². The molecule has 0 unspecified atom stereocenters. The monoisotopic (exact) mass is 298 g/mol. The number of benzene rings is 1. The number of hydrogen-bond acceptors (Lipinski definition) is 3. The molecule has 1 aromatic rings. The van der Waals surface area contributed by atoms with Crippen LogP contribution in [0.2, 0.25) is 0 Å². The van der Waals surface area contributed by atoms with Gasteiger partial charge in [0, 0.05) is 18.7 Å². The molecule has 0 radical (unpaired) electrons. The normalized spacial score (nSPS) is 11.4. The van der Waals surface area contributed by atoms with E-state index in [-0.39, 0.29) is 11.9 Å². The van der Waals surface area contributed by atoms with Gasteiger partial charge in [-0.05, 0) is 31.0 Å². The van der Waals surface area contributed by atoms with Gasteiger partial charge in [-0.1, -0.05) is 19.9 Å². The molecule has 20 heavy (non-hydrogen) atoms. The first-order valence-electron chi connectivity index (χ1n) is 6.64. The van der Waals surface area contributed by atoms with Gasteiger partial charge in [-0.2, -0.15) is 0 Å². The van der Waals surface area contributed by atoms with Crippen molar-refractivity contribution in [2.45, 2.75) is 32.7 Å². The number of carbonyl (C=O) groups excluding carboxylic acids is 1. The zero-order chi connectivity index (χ0) is 15.3. The molecule has 1 N–H and O–H groups in total. The zero-order valence-electron chi connectivity index (χ0n) is 12.4. The molecule has 0 fully saturated rings. The van der Waals surface area contributed by atoms with Gasteiger partial charge >= 0.3 is 0 Å². The van der Waals surface area contributed by atoms with E-state index in [2.05, 4.69) is 5.32 Å². The molecule has 0 spiro atoms. The molecule has 0 saturated carbocycles. The van der Waals surface area contributed by atoms with Crippen LogP contribution in [0.3, 0.4) is 0 Å². The van der Waals surface area contributed by atoms with Gasteiger partial charge in [0.05, 0.1) is 11.9 Å². The van der Waals surface area contributed by atoms with Crippen LogP contribution in [0, 0.1) is 0 Å². The molecule has 0 aliphatic carbocycles. The molecular weight excluding hydrogens is 276 g/mol. The van der Waals surface area contributed by atoms with E-state index in [9.17, 15) is 13.2 Å². The maximum atomic E-state index is 12.1. The van der Waals surface area contributed by atoms with Gasteiger partial charge in [-0.3, -0.25) is 9.10 Å². The molecule has 0 aliphatic rings. The number of sulfonamides is 1. The predicted octanol–water partition coefficient (Wildman–Crippen LogP) is 2.00. The van der Waals surface area contributed by atoms with Crippen molar-refractivity contribution in [1.82, 2.24) is 5.32 Å². The number of nitrogens with one attached hydrogen (secondary N) is 1. The fourth-order valence-electron chi connectivity index (χ4n) is 1.80. The minimum atomic E-state index is -3.33. The van der Waals surface area contributed by atoms with E-state index in [0.29, 0.717) is 11.3 Å². The number of nitrogens with zero attached hydrogens (tertiary/aromatic N) is 1. The third-order valence-electron chi connectivity index (χ3n) is 3.29.